The molecule has 0 unspecified atom stereocenters. The Bertz CT molecular complexity index is 255. The Kier molecular flexibility index (Phi) is 4.31. The lowest BCUT2D eigenvalue weighted by Crippen LogP contribution is -2.53. The van der Waals surface area contributed by atoms with E-state index >= 15 is 0 Å². The maximum Gasteiger partial charge on any atom is 0.103 e. The summed E-state index contributed by atoms with van der Waals surface area (Å²) >= 11 is 0. The van der Waals surface area contributed by atoms with Crippen molar-refractivity contribution in [1.29, 1.82) is 5.26 Å². The third-order valence-electron chi connectivity index (χ3n) is 3.04. The Balaban J connectivity index is 2.40. The van der Waals surface area contributed by atoms with Gasteiger partial charge in [0.05, 0.1) is 6.07 Å². The fourth-order valence-corrected chi connectivity index (χ4v) is 1.81. The van der Waals surface area contributed by atoms with E-state index in [1.165, 1.54) is 0 Å². The normalized spacial score (nSPS) is 20.7. The molecule has 1 heterocycles. The third kappa shape index (κ3) is 3.33. The van der Waals surface area contributed by atoms with Crippen LogP contribution in [-0.2, 0) is 0 Å². The van der Waals surface area contributed by atoms with Gasteiger partial charge in [0.1, 0.15) is 5.54 Å². The first kappa shape index (κ1) is 12.2. The first-order chi connectivity index (χ1) is 7.10. The second kappa shape index (κ2) is 5.29. The minimum Gasteiger partial charge on any atom is -0.297 e. The zero-order valence-corrected chi connectivity index (χ0v) is 10.0. The van der Waals surface area contributed by atoms with E-state index < -0.39 is 0 Å². The minimum absolute atomic E-state index is 0.313. The molecule has 0 bridgehead atoms. The van der Waals surface area contributed by atoms with Crippen LogP contribution < -0.4 is 0 Å². The smallest absolute Gasteiger partial charge is 0.103 e. The van der Waals surface area contributed by atoms with Crippen LogP contribution in [0.1, 0.15) is 20.8 Å². The molecule has 3 heteroatoms. The first-order valence-electron chi connectivity index (χ1n) is 5.60. The van der Waals surface area contributed by atoms with Gasteiger partial charge in [-0.05, 0) is 20.8 Å². The molecule has 1 rings (SSSR count). The average Bonchev–Trinajstić information content (AvgIpc) is 2.27. The van der Waals surface area contributed by atoms with E-state index in [0.29, 0.717) is 0 Å². The maximum atomic E-state index is 9.04. The van der Waals surface area contributed by atoms with Crippen molar-refractivity contribution in [2.24, 2.45) is 0 Å². The molecule has 0 spiro atoms. The molecule has 0 aromatic rings. The van der Waals surface area contributed by atoms with Gasteiger partial charge in [-0.3, -0.25) is 9.80 Å². The summed E-state index contributed by atoms with van der Waals surface area (Å²) in [5, 5.41) is 9.04. The van der Waals surface area contributed by atoms with E-state index in [1.54, 1.807) is 0 Å². The summed E-state index contributed by atoms with van der Waals surface area (Å²) < 4.78 is 0. The van der Waals surface area contributed by atoms with Crippen LogP contribution in [0.2, 0.25) is 0 Å². The van der Waals surface area contributed by atoms with E-state index in [2.05, 4.69) is 34.9 Å². The molecule has 3 nitrogen and oxygen atoms in total. The van der Waals surface area contributed by atoms with Crippen molar-refractivity contribution in [3.8, 4) is 6.07 Å². The van der Waals surface area contributed by atoms with E-state index in [0.717, 1.165) is 32.7 Å². The van der Waals surface area contributed by atoms with Gasteiger partial charge in [-0.15, -0.1) is 0 Å². The van der Waals surface area contributed by atoms with Gasteiger partial charge in [0.2, 0.25) is 0 Å². The van der Waals surface area contributed by atoms with Crippen LogP contribution in [0.25, 0.3) is 0 Å². The van der Waals surface area contributed by atoms with Crippen LogP contribution in [0.5, 0.6) is 0 Å². The summed E-state index contributed by atoms with van der Waals surface area (Å²) in [6.07, 6.45) is 4.27. The van der Waals surface area contributed by atoms with E-state index in [9.17, 15) is 0 Å². The molecule has 15 heavy (non-hydrogen) atoms. The van der Waals surface area contributed by atoms with Crippen molar-refractivity contribution in [1.82, 2.24) is 9.80 Å². The lowest BCUT2D eigenvalue weighted by Gasteiger charge is -2.40. The van der Waals surface area contributed by atoms with Gasteiger partial charge in [-0.25, -0.2) is 0 Å². The number of piperazine rings is 1. The molecule has 1 fully saturated rings. The number of hydrogen-bond donors (Lipinski definition) is 0. The number of nitriles is 1. The largest absolute Gasteiger partial charge is 0.297 e. The van der Waals surface area contributed by atoms with E-state index in [1.807, 2.05) is 13.8 Å². The standard InChI is InChI=1S/C12H21N3/c1-4-5-6-14-7-9-15(10-8-14)12(2,3)11-13/h4-5H,6-10H2,1-3H3. The quantitative estimate of drug-likeness (QED) is 0.657. The van der Waals surface area contributed by atoms with Crippen LogP contribution in [0.4, 0.5) is 0 Å². The van der Waals surface area contributed by atoms with Gasteiger partial charge in [-0.2, -0.15) is 5.26 Å². The predicted molar refractivity (Wildman–Crippen MR) is 62.5 cm³/mol. The van der Waals surface area contributed by atoms with Crippen molar-refractivity contribution in [3.63, 3.8) is 0 Å². The second-order valence-electron chi connectivity index (χ2n) is 4.53. The average molecular weight is 207 g/mol. The number of rotatable bonds is 3. The number of allylic oxidation sites excluding steroid dienone is 1. The molecular weight excluding hydrogens is 186 g/mol. The summed E-state index contributed by atoms with van der Waals surface area (Å²) in [5.74, 6) is 0. The monoisotopic (exact) mass is 207 g/mol. The fourth-order valence-electron chi connectivity index (χ4n) is 1.81. The highest BCUT2D eigenvalue weighted by Gasteiger charge is 2.29. The Morgan fingerprint density at radius 2 is 1.87 bits per heavy atom. The van der Waals surface area contributed by atoms with Crippen LogP contribution in [0, 0.1) is 11.3 Å². The highest BCUT2D eigenvalue weighted by molar-refractivity contribution is 5.03. The molecule has 0 aromatic heterocycles. The topological polar surface area (TPSA) is 30.3 Å². The molecule has 0 aliphatic carbocycles. The number of nitrogens with zero attached hydrogens (tertiary/aromatic N) is 3. The van der Waals surface area contributed by atoms with Crippen LogP contribution in [-0.4, -0.2) is 48.1 Å². The van der Waals surface area contributed by atoms with E-state index in [-0.39, 0.29) is 5.54 Å². The van der Waals surface area contributed by atoms with Gasteiger partial charge < -0.3 is 0 Å². The van der Waals surface area contributed by atoms with Gasteiger partial charge in [0, 0.05) is 32.7 Å². The lowest BCUT2D eigenvalue weighted by atomic mass is 10.0. The molecule has 0 amide bonds. The summed E-state index contributed by atoms with van der Waals surface area (Å²) in [6, 6.07) is 2.36. The predicted octanol–water partition coefficient (Wildman–Crippen LogP) is 1.48. The molecule has 84 valence electrons. The third-order valence-corrected chi connectivity index (χ3v) is 3.04. The highest BCUT2D eigenvalue weighted by Crippen LogP contribution is 2.15. The molecule has 1 aliphatic rings. The van der Waals surface area contributed by atoms with Gasteiger partial charge in [0.15, 0.2) is 0 Å². The zero-order valence-electron chi connectivity index (χ0n) is 10.0. The SMILES string of the molecule is CC=CCN1CCN(C(C)(C)C#N)CC1. The maximum absolute atomic E-state index is 9.04. The molecule has 0 N–H and O–H groups in total. The van der Waals surface area contributed by atoms with Gasteiger partial charge in [-0.1, -0.05) is 12.2 Å². The summed E-state index contributed by atoms with van der Waals surface area (Å²) in [4.78, 5) is 4.68. The highest BCUT2D eigenvalue weighted by atomic mass is 15.3. The second-order valence-corrected chi connectivity index (χ2v) is 4.53. The van der Waals surface area contributed by atoms with Crippen LogP contribution in [0.3, 0.4) is 0 Å². The molecular formula is C12H21N3. The molecule has 0 atom stereocenters. The summed E-state index contributed by atoms with van der Waals surface area (Å²) in [6.45, 7) is 11.2. The minimum atomic E-state index is -0.313. The molecule has 1 aliphatic heterocycles. The van der Waals surface area contributed by atoms with Gasteiger partial charge in [0.25, 0.3) is 0 Å². The Morgan fingerprint density at radius 3 is 2.33 bits per heavy atom. The Morgan fingerprint density at radius 1 is 1.27 bits per heavy atom. The Labute approximate surface area is 93.0 Å². The zero-order chi connectivity index (χ0) is 11.3. The first-order valence-corrected chi connectivity index (χ1v) is 5.60. The lowest BCUT2D eigenvalue weighted by molar-refractivity contribution is 0.0862. The Hall–Kier alpha value is -0.850. The number of hydrogen-bond acceptors (Lipinski definition) is 3. The van der Waals surface area contributed by atoms with Crippen molar-refractivity contribution >= 4 is 0 Å². The van der Waals surface area contributed by atoms with Gasteiger partial charge >= 0.3 is 0 Å². The molecule has 0 radical (unpaired) electrons. The summed E-state index contributed by atoms with van der Waals surface area (Å²) in [7, 11) is 0. The molecule has 0 aromatic carbocycles. The molecule has 0 saturated carbocycles. The van der Waals surface area contributed by atoms with Crippen molar-refractivity contribution < 1.29 is 0 Å². The van der Waals surface area contributed by atoms with Crippen molar-refractivity contribution in [3.05, 3.63) is 12.2 Å². The van der Waals surface area contributed by atoms with Crippen LogP contribution in [0.15, 0.2) is 12.2 Å². The van der Waals surface area contributed by atoms with Crippen molar-refractivity contribution in [2.75, 3.05) is 32.7 Å². The fraction of sp³-hybridized carbons (Fsp3) is 0.750. The molecule has 1 saturated heterocycles. The summed E-state index contributed by atoms with van der Waals surface area (Å²) in [5.41, 5.74) is -0.313. The van der Waals surface area contributed by atoms with Crippen molar-refractivity contribution in [2.45, 2.75) is 26.3 Å². The van der Waals surface area contributed by atoms with E-state index in [4.69, 9.17) is 5.26 Å². The van der Waals surface area contributed by atoms with Crippen LogP contribution >= 0.6 is 0 Å².